The van der Waals surface area contributed by atoms with Crippen LogP contribution in [0, 0.1) is 12.7 Å². The molecule has 0 saturated carbocycles. The lowest BCUT2D eigenvalue weighted by Crippen LogP contribution is -2.32. The largest absolute Gasteiger partial charge is 0.340 e. The Bertz CT molecular complexity index is 366. The van der Waals surface area contributed by atoms with E-state index in [1.807, 2.05) is 6.92 Å². The Hall–Kier alpha value is -1.42. The molecule has 0 atom stereocenters. The summed E-state index contributed by atoms with van der Waals surface area (Å²) in [6, 6.07) is 4.48. The van der Waals surface area contributed by atoms with Crippen molar-refractivity contribution in [3.8, 4) is 0 Å². The fourth-order valence-corrected chi connectivity index (χ4v) is 1.30. The van der Waals surface area contributed by atoms with Gasteiger partial charge in [0.25, 0.3) is 5.91 Å². The second-order valence-corrected chi connectivity index (χ2v) is 3.50. The molecular formula is C11H15FN2O. The van der Waals surface area contributed by atoms with Gasteiger partial charge in [0.2, 0.25) is 0 Å². The molecule has 0 heterocycles. The van der Waals surface area contributed by atoms with Gasteiger partial charge in [0, 0.05) is 20.1 Å². The van der Waals surface area contributed by atoms with Crippen LogP contribution < -0.4 is 5.73 Å². The van der Waals surface area contributed by atoms with E-state index in [9.17, 15) is 9.18 Å². The molecule has 1 aromatic rings. The molecule has 0 spiro atoms. The zero-order valence-corrected chi connectivity index (χ0v) is 8.96. The van der Waals surface area contributed by atoms with E-state index in [0.29, 0.717) is 13.1 Å². The minimum Gasteiger partial charge on any atom is -0.340 e. The van der Waals surface area contributed by atoms with Crippen molar-refractivity contribution >= 4 is 5.91 Å². The number of aryl methyl sites for hydroxylation is 1. The van der Waals surface area contributed by atoms with Crippen molar-refractivity contribution in [2.45, 2.75) is 6.92 Å². The van der Waals surface area contributed by atoms with E-state index in [1.54, 1.807) is 19.2 Å². The summed E-state index contributed by atoms with van der Waals surface area (Å²) < 4.78 is 13.3. The third kappa shape index (κ3) is 2.76. The summed E-state index contributed by atoms with van der Waals surface area (Å²) >= 11 is 0. The monoisotopic (exact) mass is 210 g/mol. The molecule has 0 radical (unpaired) electrons. The minimum atomic E-state index is -0.491. The number of carbonyl (C=O) groups is 1. The number of hydrogen-bond donors (Lipinski definition) is 1. The fraction of sp³-hybridized carbons (Fsp3) is 0.364. The normalized spacial score (nSPS) is 10.1. The van der Waals surface area contributed by atoms with Gasteiger partial charge in [0.05, 0.1) is 5.56 Å². The summed E-state index contributed by atoms with van der Waals surface area (Å²) in [6.45, 7) is 2.61. The molecule has 0 aliphatic rings. The first-order valence-electron chi connectivity index (χ1n) is 4.78. The number of amides is 1. The number of rotatable bonds is 3. The van der Waals surface area contributed by atoms with E-state index >= 15 is 0 Å². The molecule has 1 rings (SSSR count). The van der Waals surface area contributed by atoms with Crippen LogP contribution in [0.5, 0.6) is 0 Å². The summed E-state index contributed by atoms with van der Waals surface area (Å²) in [4.78, 5) is 13.2. The number of halogens is 1. The van der Waals surface area contributed by atoms with Gasteiger partial charge < -0.3 is 10.6 Å². The van der Waals surface area contributed by atoms with Crippen molar-refractivity contribution < 1.29 is 9.18 Å². The van der Waals surface area contributed by atoms with Crippen LogP contribution in [-0.4, -0.2) is 30.9 Å². The van der Waals surface area contributed by atoms with Gasteiger partial charge in [-0.2, -0.15) is 0 Å². The lowest BCUT2D eigenvalue weighted by Gasteiger charge is -2.16. The molecule has 1 amide bonds. The van der Waals surface area contributed by atoms with Gasteiger partial charge in [-0.25, -0.2) is 4.39 Å². The number of nitrogens with zero attached hydrogens (tertiary/aromatic N) is 1. The first-order valence-corrected chi connectivity index (χ1v) is 4.78. The lowest BCUT2D eigenvalue weighted by atomic mass is 10.1. The van der Waals surface area contributed by atoms with E-state index < -0.39 is 5.82 Å². The highest BCUT2D eigenvalue weighted by Crippen LogP contribution is 2.11. The third-order valence-corrected chi connectivity index (χ3v) is 2.16. The van der Waals surface area contributed by atoms with Crippen LogP contribution in [0.3, 0.4) is 0 Å². The SMILES string of the molecule is Cc1ccc(F)c(C(=O)N(C)CCN)c1. The summed E-state index contributed by atoms with van der Waals surface area (Å²) in [5.41, 5.74) is 6.29. The topological polar surface area (TPSA) is 46.3 Å². The van der Waals surface area contributed by atoms with E-state index in [4.69, 9.17) is 5.73 Å². The van der Waals surface area contributed by atoms with Crippen molar-refractivity contribution in [3.05, 3.63) is 35.1 Å². The maximum atomic E-state index is 13.3. The van der Waals surface area contributed by atoms with Gasteiger partial charge in [0.15, 0.2) is 0 Å². The molecule has 0 aromatic heterocycles. The Balaban J connectivity index is 2.95. The molecule has 1 aromatic carbocycles. The average molecular weight is 210 g/mol. The van der Waals surface area contributed by atoms with Crippen LogP contribution >= 0.6 is 0 Å². The van der Waals surface area contributed by atoms with Crippen LogP contribution in [0.1, 0.15) is 15.9 Å². The molecule has 0 saturated heterocycles. The van der Waals surface area contributed by atoms with Gasteiger partial charge in [-0.1, -0.05) is 11.6 Å². The van der Waals surface area contributed by atoms with Crippen LogP contribution in [0.2, 0.25) is 0 Å². The standard InChI is InChI=1S/C11H15FN2O/c1-8-3-4-10(12)9(7-8)11(15)14(2)6-5-13/h3-4,7H,5-6,13H2,1-2H3. The first-order chi connectivity index (χ1) is 7.06. The molecule has 4 heteroatoms. The highest BCUT2D eigenvalue weighted by molar-refractivity contribution is 5.94. The molecule has 0 aliphatic carbocycles. The van der Waals surface area contributed by atoms with E-state index in [-0.39, 0.29) is 11.5 Å². The molecule has 0 fully saturated rings. The zero-order valence-electron chi connectivity index (χ0n) is 8.96. The van der Waals surface area contributed by atoms with Gasteiger partial charge in [-0.3, -0.25) is 4.79 Å². The predicted molar refractivity (Wildman–Crippen MR) is 57.2 cm³/mol. The number of carbonyl (C=O) groups excluding carboxylic acids is 1. The predicted octanol–water partition coefficient (Wildman–Crippen LogP) is 1.16. The molecule has 15 heavy (non-hydrogen) atoms. The Morgan fingerprint density at radius 2 is 2.20 bits per heavy atom. The molecule has 2 N–H and O–H groups in total. The molecule has 3 nitrogen and oxygen atoms in total. The van der Waals surface area contributed by atoms with Crippen molar-refractivity contribution in [3.63, 3.8) is 0 Å². The van der Waals surface area contributed by atoms with E-state index in [0.717, 1.165) is 5.56 Å². The maximum absolute atomic E-state index is 13.3. The summed E-state index contributed by atoms with van der Waals surface area (Å²) in [5.74, 6) is -0.823. The Morgan fingerprint density at radius 1 is 1.53 bits per heavy atom. The van der Waals surface area contributed by atoms with E-state index in [2.05, 4.69) is 0 Å². The van der Waals surface area contributed by atoms with Gasteiger partial charge in [-0.05, 0) is 19.1 Å². The zero-order chi connectivity index (χ0) is 11.4. The Labute approximate surface area is 88.7 Å². The Kier molecular flexibility index (Phi) is 3.80. The number of likely N-dealkylation sites (N-methyl/N-ethyl adjacent to an activating group) is 1. The van der Waals surface area contributed by atoms with Gasteiger partial charge >= 0.3 is 0 Å². The molecule has 0 unspecified atom stereocenters. The quantitative estimate of drug-likeness (QED) is 0.813. The van der Waals surface area contributed by atoms with Gasteiger partial charge in [-0.15, -0.1) is 0 Å². The summed E-state index contributed by atoms with van der Waals surface area (Å²) in [7, 11) is 1.61. The molecule has 82 valence electrons. The second-order valence-electron chi connectivity index (χ2n) is 3.50. The van der Waals surface area contributed by atoms with Crippen LogP contribution in [-0.2, 0) is 0 Å². The van der Waals surface area contributed by atoms with Crippen LogP contribution in [0.25, 0.3) is 0 Å². The highest BCUT2D eigenvalue weighted by atomic mass is 19.1. The number of nitrogens with two attached hydrogens (primary N) is 1. The van der Waals surface area contributed by atoms with Crippen LogP contribution in [0.4, 0.5) is 4.39 Å². The Morgan fingerprint density at radius 3 is 2.80 bits per heavy atom. The molecule has 0 bridgehead atoms. The molecular weight excluding hydrogens is 195 g/mol. The first kappa shape index (κ1) is 11.7. The van der Waals surface area contributed by atoms with Crippen molar-refractivity contribution in [2.75, 3.05) is 20.1 Å². The lowest BCUT2D eigenvalue weighted by molar-refractivity contribution is 0.0794. The third-order valence-electron chi connectivity index (χ3n) is 2.16. The number of benzene rings is 1. The van der Waals surface area contributed by atoms with Crippen molar-refractivity contribution in [2.24, 2.45) is 5.73 Å². The fourth-order valence-electron chi connectivity index (χ4n) is 1.30. The van der Waals surface area contributed by atoms with Crippen molar-refractivity contribution in [1.82, 2.24) is 4.90 Å². The second kappa shape index (κ2) is 4.89. The van der Waals surface area contributed by atoms with Gasteiger partial charge in [0.1, 0.15) is 5.82 Å². The van der Waals surface area contributed by atoms with Crippen molar-refractivity contribution in [1.29, 1.82) is 0 Å². The van der Waals surface area contributed by atoms with Crippen LogP contribution in [0.15, 0.2) is 18.2 Å². The maximum Gasteiger partial charge on any atom is 0.256 e. The summed E-state index contributed by atoms with van der Waals surface area (Å²) in [5, 5.41) is 0. The molecule has 0 aliphatic heterocycles. The summed E-state index contributed by atoms with van der Waals surface area (Å²) in [6.07, 6.45) is 0. The minimum absolute atomic E-state index is 0.103. The highest BCUT2D eigenvalue weighted by Gasteiger charge is 2.15. The average Bonchev–Trinajstić information content (AvgIpc) is 2.21. The smallest absolute Gasteiger partial charge is 0.256 e. The van der Waals surface area contributed by atoms with E-state index in [1.165, 1.54) is 11.0 Å². The number of hydrogen-bond acceptors (Lipinski definition) is 2.